The third-order valence-corrected chi connectivity index (χ3v) is 17.5. The molecule has 11 atom stereocenters. The quantitative estimate of drug-likeness (QED) is 0.107. The third-order valence-electron chi connectivity index (χ3n) is 17.5. The van der Waals surface area contributed by atoms with Gasteiger partial charge in [-0.2, -0.15) is 0 Å². The Morgan fingerprint density at radius 3 is 2.57 bits per heavy atom. The molecule has 0 saturated heterocycles. The molecule has 2 saturated carbocycles. The number of nitrogens with zero attached hydrogens (tertiary/aromatic N) is 1. The van der Waals surface area contributed by atoms with Gasteiger partial charge in [0, 0.05) is 61.6 Å². The molecule has 0 radical (unpaired) electrons. The molecule has 7 N–H and O–H groups in total. The zero-order chi connectivity index (χ0) is 48.0. The monoisotopic (exact) mass is 942 g/mol. The van der Waals surface area contributed by atoms with Gasteiger partial charge in [-0.05, 0) is 157 Å². The van der Waals surface area contributed by atoms with Crippen molar-refractivity contribution in [2.45, 2.75) is 147 Å². The molecule has 6 heterocycles. The first kappa shape index (κ1) is 47.8. The Labute approximate surface area is 409 Å². The molecule has 3 aromatic rings. The Bertz CT molecular complexity index is 2480. The van der Waals surface area contributed by atoms with E-state index < -0.39 is 18.3 Å². The number of allylic oxidation sites excluding steroid dienone is 2. The Morgan fingerprint density at radius 2 is 1.78 bits per heavy atom. The smallest absolute Gasteiger partial charge is 0.188 e. The number of fused-ring (bicyclic) bond motifs is 2. The summed E-state index contributed by atoms with van der Waals surface area (Å²) < 4.78 is 26.5. The number of aliphatic hydroxyl groups excluding tert-OH is 3. The van der Waals surface area contributed by atoms with Gasteiger partial charge in [0.15, 0.2) is 17.5 Å². The molecule has 0 amide bonds. The van der Waals surface area contributed by atoms with Crippen LogP contribution in [0.5, 0.6) is 28.7 Å². The van der Waals surface area contributed by atoms with Crippen molar-refractivity contribution in [1.29, 1.82) is 0 Å². The average Bonchev–Trinajstić information content (AvgIpc) is 3.83. The summed E-state index contributed by atoms with van der Waals surface area (Å²) >= 11 is 0. The van der Waals surface area contributed by atoms with Crippen LogP contribution in [-0.4, -0.2) is 71.5 Å². The fraction of sp³-hybridized carbons (Fsp3) is 0.603. The Kier molecular flexibility index (Phi) is 13.9. The van der Waals surface area contributed by atoms with Crippen LogP contribution >= 0.6 is 0 Å². The number of ether oxygens (including phenoxy) is 4. The van der Waals surface area contributed by atoms with E-state index in [4.69, 9.17) is 29.7 Å². The summed E-state index contributed by atoms with van der Waals surface area (Å²) in [5.41, 5.74) is 13.6. The number of benzene rings is 3. The molecule has 10 aliphatic rings. The van der Waals surface area contributed by atoms with Gasteiger partial charge in [-0.25, -0.2) is 0 Å². The van der Waals surface area contributed by atoms with Gasteiger partial charge in [-0.3, -0.25) is 4.99 Å². The van der Waals surface area contributed by atoms with Crippen LogP contribution in [0.1, 0.15) is 138 Å². The Hall–Kier alpha value is -4.89. The third kappa shape index (κ3) is 9.55. The SMILES string of the molecule is CCC1CC2C=CC1CC(O)CC1(CCCC1)CN=C(N)NCCC1C(CO)CCC3CC#COc4ccc(cc4OC31)C1Oc3cc(OC)c4c(c3CC1O)C2Cc1cc(O)c(CC(C)C)cc1-4. The van der Waals surface area contributed by atoms with Crippen molar-refractivity contribution < 1.29 is 39.4 Å². The van der Waals surface area contributed by atoms with Crippen LogP contribution in [0.25, 0.3) is 11.1 Å². The van der Waals surface area contributed by atoms with Crippen LogP contribution in [0.2, 0.25) is 0 Å². The minimum atomic E-state index is -0.881. The number of phenolic OH excluding ortho intramolecular Hbond substituents is 1. The van der Waals surface area contributed by atoms with E-state index in [1.54, 1.807) is 7.11 Å². The lowest BCUT2D eigenvalue weighted by Crippen LogP contribution is -2.46. The van der Waals surface area contributed by atoms with E-state index in [0.29, 0.717) is 91.7 Å². The molecule has 370 valence electrons. The lowest BCUT2D eigenvalue weighted by molar-refractivity contribution is -0.0162. The number of rotatable bonds is 5. The van der Waals surface area contributed by atoms with Crippen LogP contribution < -0.4 is 30.0 Å². The molecule has 3 aromatic carbocycles. The number of hydrogen-bond acceptors (Lipinski definition) is 11. The molecule has 6 aliphatic heterocycles. The van der Waals surface area contributed by atoms with E-state index in [-0.39, 0.29) is 53.6 Å². The van der Waals surface area contributed by atoms with E-state index in [1.807, 2.05) is 30.3 Å². The molecular weight excluding hydrogens is 867 g/mol. The van der Waals surface area contributed by atoms with Gasteiger partial charge >= 0.3 is 0 Å². The second kappa shape index (κ2) is 20.1. The minimum absolute atomic E-state index is 0.00204. The second-order valence-corrected chi connectivity index (χ2v) is 22.4. The first-order chi connectivity index (χ1) is 33.4. The molecule has 11 heteroatoms. The number of guanidine groups is 1. The van der Waals surface area contributed by atoms with Crippen LogP contribution in [0, 0.1) is 58.9 Å². The number of aliphatic imine (C=N–C) groups is 1. The molecule has 2 fully saturated rings. The van der Waals surface area contributed by atoms with E-state index in [1.165, 1.54) is 0 Å². The predicted molar refractivity (Wildman–Crippen MR) is 269 cm³/mol. The van der Waals surface area contributed by atoms with Crippen LogP contribution in [0.15, 0.2) is 53.5 Å². The molecule has 69 heavy (non-hydrogen) atoms. The number of phenols is 1. The molecule has 9 bridgehead atoms. The Balaban J connectivity index is 1.09. The van der Waals surface area contributed by atoms with E-state index in [0.717, 1.165) is 103 Å². The number of nitrogens with one attached hydrogen (secondary N) is 1. The van der Waals surface area contributed by atoms with Crippen LogP contribution in [0.3, 0.4) is 0 Å². The van der Waals surface area contributed by atoms with Crippen LogP contribution in [0.4, 0.5) is 0 Å². The standard InChI is InChI=1S/C58H75N3O8/c1-5-34-22-37-12-11-36(34)23-42(63)30-58(17-6-7-18-58)32-61-57(59)60-19-16-43-39(31-62)13-10-35-9-8-20-67-49-15-14-38(27-51(49)69-55(35)43)56-48(65)28-46-50(68-56)29-52(66-4)54-45-25-41(21-33(2)3)47(64)26-40(45)24-44(37)53(46)54/h11-12,14-15,25-27,29,33-37,39,42-44,48,55-56,62-65H,5-7,9-10,13,16-19,21-24,28,30-32H2,1-4H3,(H3,59,60,61). The molecule has 11 nitrogen and oxygen atoms in total. The maximum absolute atomic E-state index is 12.4. The number of methoxy groups -OCH3 is 1. The molecular formula is C58H75N3O8. The summed E-state index contributed by atoms with van der Waals surface area (Å²) in [5.74, 6) is 7.78. The number of aromatic hydroxyl groups is 1. The van der Waals surface area contributed by atoms with Crippen molar-refractivity contribution in [2.24, 2.45) is 57.6 Å². The zero-order valence-electron chi connectivity index (χ0n) is 41.2. The highest BCUT2D eigenvalue weighted by atomic mass is 16.5. The van der Waals surface area contributed by atoms with Gasteiger partial charge in [0.25, 0.3) is 0 Å². The van der Waals surface area contributed by atoms with Crippen LogP contribution in [-0.2, 0) is 19.3 Å². The van der Waals surface area contributed by atoms with Crippen molar-refractivity contribution in [1.82, 2.24) is 5.32 Å². The van der Waals surface area contributed by atoms with E-state index >= 15 is 0 Å². The predicted octanol–water partition coefficient (Wildman–Crippen LogP) is 9.30. The zero-order valence-corrected chi connectivity index (χ0v) is 41.2. The van der Waals surface area contributed by atoms with Crippen molar-refractivity contribution in [3.05, 3.63) is 76.4 Å². The molecule has 4 aliphatic carbocycles. The van der Waals surface area contributed by atoms with Gasteiger partial charge in [0.2, 0.25) is 0 Å². The maximum atomic E-state index is 12.4. The lowest BCUT2D eigenvalue weighted by Gasteiger charge is -2.42. The summed E-state index contributed by atoms with van der Waals surface area (Å²) in [5, 5.41) is 50.0. The van der Waals surface area contributed by atoms with Gasteiger partial charge < -0.3 is 50.4 Å². The molecule has 11 unspecified atom stereocenters. The molecule has 1 spiro atoms. The minimum Gasteiger partial charge on any atom is -0.508 e. The lowest BCUT2D eigenvalue weighted by atomic mass is 9.64. The summed E-state index contributed by atoms with van der Waals surface area (Å²) in [6, 6.07) is 11.9. The summed E-state index contributed by atoms with van der Waals surface area (Å²) in [7, 11) is 1.72. The van der Waals surface area contributed by atoms with Gasteiger partial charge in [-0.15, -0.1) is 0 Å². The van der Waals surface area contributed by atoms with Crippen molar-refractivity contribution in [2.75, 3.05) is 26.8 Å². The van der Waals surface area contributed by atoms with Crippen molar-refractivity contribution in [3.63, 3.8) is 0 Å². The molecule has 13 rings (SSSR count). The van der Waals surface area contributed by atoms with Crippen molar-refractivity contribution >= 4 is 5.96 Å². The average molecular weight is 942 g/mol. The summed E-state index contributed by atoms with van der Waals surface area (Å²) in [6.07, 6.45) is 18.0. The van der Waals surface area contributed by atoms with E-state index in [9.17, 15) is 20.4 Å². The number of nitrogens with two attached hydrogens (primary N) is 1. The normalized spacial score (nSPS) is 31.4. The summed E-state index contributed by atoms with van der Waals surface area (Å²) in [4.78, 5) is 4.95. The number of aliphatic hydroxyl groups is 3. The summed E-state index contributed by atoms with van der Waals surface area (Å²) in [6.45, 7) is 7.84. The topological polar surface area (TPSA) is 168 Å². The largest absolute Gasteiger partial charge is 0.508 e. The van der Waals surface area contributed by atoms with Gasteiger partial charge in [0.1, 0.15) is 35.6 Å². The highest BCUT2D eigenvalue weighted by molar-refractivity contribution is 5.84. The second-order valence-electron chi connectivity index (χ2n) is 22.4. The highest BCUT2D eigenvalue weighted by Gasteiger charge is 2.45. The number of hydrogen-bond donors (Lipinski definition) is 6. The first-order valence-corrected chi connectivity index (χ1v) is 26.3. The van der Waals surface area contributed by atoms with Gasteiger partial charge in [-0.1, -0.05) is 64.2 Å². The Morgan fingerprint density at radius 1 is 0.957 bits per heavy atom. The first-order valence-electron chi connectivity index (χ1n) is 26.3. The van der Waals surface area contributed by atoms with Crippen molar-refractivity contribution in [3.8, 4) is 51.9 Å². The fourth-order valence-corrected chi connectivity index (χ4v) is 14.0. The fourth-order valence-electron chi connectivity index (χ4n) is 14.0. The van der Waals surface area contributed by atoms with E-state index in [2.05, 4.69) is 56.3 Å². The highest BCUT2D eigenvalue weighted by Crippen LogP contribution is 2.57. The van der Waals surface area contributed by atoms with Gasteiger partial charge in [0.05, 0.1) is 19.3 Å². The molecule has 0 aromatic heterocycles. The maximum Gasteiger partial charge on any atom is 0.188 e.